The van der Waals surface area contributed by atoms with Crippen LogP contribution in [0.15, 0.2) is 24.3 Å². The number of anilines is 1. The van der Waals surface area contributed by atoms with E-state index in [-0.39, 0.29) is 18.0 Å². The molecule has 8 heteroatoms. The topological polar surface area (TPSA) is 71.1 Å². The maximum Gasteiger partial charge on any atom is 0.337 e. The van der Waals surface area contributed by atoms with Crippen LogP contribution in [0.4, 0.5) is 5.69 Å². The molecule has 1 atom stereocenters. The van der Waals surface area contributed by atoms with Crippen LogP contribution in [0, 0.1) is 0 Å². The van der Waals surface area contributed by atoms with Gasteiger partial charge in [-0.2, -0.15) is 0 Å². The molecular formula is C18H23N3O4S. The van der Waals surface area contributed by atoms with E-state index in [2.05, 4.69) is 10.1 Å². The van der Waals surface area contributed by atoms with Gasteiger partial charge in [0.05, 0.1) is 12.7 Å². The van der Waals surface area contributed by atoms with E-state index in [0.29, 0.717) is 43.5 Å². The van der Waals surface area contributed by atoms with E-state index in [1.165, 1.54) is 7.11 Å². The van der Waals surface area contributed by atoms with E-state index >= 15 is 0 Å². The van der Waals surface area contributed by atoms with Gasteiger partial charge in [0.15, 0.2) is 5.11 Å². The molecular weight excluding hydrogens is 354 g/mol. The summed E-state index contributed by atoms with van der Waals surface area (Å²) in [7, 11) is 1.35. The summed E-state index contributed by atoms with van der Waals surface area (Å²) in [4.78, 5) is 27.7. The van der Waals surface area contributed by atoms with Crippen molar-refractivity contribution >= 4 is 34.9 Å². The van der Waals surface area contributed by atoms with E-state index in [9.17, 15) is 9.59 Å². The molecule has 2 heterocycles. The zero-order valence-corrected chi connectivity index (χ0v) is 15.6. The maximum absolute atomic E-state index is 12.4. The number of hydrogen-bond acceptors (Lipinski definition) is 5. The van der Waals surface area contributed by atoms with Crippen LogP contribution < -0.4 is 5.32 Å². The smallest absolute Gasteiger partial charge is 0.337 e. The van der Waals surface area contributed by atoms with Gasteiger partial charge in [-0.15, -0.1) is 0 Å². The molecule has 1 aromatic rings. The van der Waals surface area contributed by atoms with Crippen molar-refractivity contribution in [3.05, 3.63) is 29.8 Å². The first-order valence-corrected chi connectivity index (χ1v) is 9.14. The second-order valence-electron chi connectivity index (χ2n) is 6.31. The molecule has 1 unspecified atom stereocenters. The van der Waals surface area contributed by atoms with Crippen molar-refractivity contribution in [3.8, 4) is 0 Å². The van der Waals surface area contributed by atoms with Gasteiger partial charge in [-0.3, -0.25) is 4.79 Å². The first kappa shape index (κ1) is 18.6. The fourth-order valence-corrected chi connectivity index (χ4v) is 3.42. The van der Waals surface area contributed by atoms with Crippen molar-refractivity contribution in [2.45, 2.75) is 18.9 Å². The van der Waals surface area contributed by atoms with Crippen LogP contribution in [0.5, 0.6) is 0 Å². The minimum absolute atomic E-state index is 0.0967. The number of carbonyl (C=O) groups is 2. The molecule has 1 N–H and O–H groups in total. The zero-order chi connectivity index (χ0) is 18.5. The van der Waals surface area contributed by atoms with Crippen molar-refractivity contribution < 1.29 is 19.1 Å². The summed E-state index contributed by atoms with van der Waals surface area (Å²) < 4.78 is 10.2. The summed E-state index contributed by atoms with van der Waals surface area (Å²) in [6.07, 6.45) is 1.51. The van der Waals surface area contributed by atoms with Crippen LogP contribution >= 0.6 is 12.2 Å². The van der Waals surface area contributed by atoms with E-state index in [1.807, 2.05) is 9.80 Å². The molecule has 0 aliphatic carbocycles. The van der Waals surface area contributed by atoms with Crippen molar-refractivity contribution in [3.63, 3.8) is 0 Å². The maximum atomic E-state index is 12.4. The molecule has 2 saturated heterocycles. The van der Waals surface area contributed by atoms with Crippen LogP contribution in [0.3, 0.4) is 0 Å². The van der Waals surface area contributed by atoms with E-state index in [0.717, 1.165) is 18.5 Å². The lowest BCUT2D eigenvalue weighted by Crippen LogP contribution is -2.53. The second kappa shape index (κ2) is 8.46. The van der Waals surface area contributed by atoms with Crippen molar-refractivity contribution in [1.29, 1.82) is 0 Å². The van der Waals surface area contributed by atoms with Crippen molar-refractivity contribution in [1.82, 2.24) is 9.80 Å². The number of nitrogens with one attached hydrogen (secondary N) is 1. The molecule has 140 valence electrons. The highest BCUT2D eigenvalue weighted by molar-refractivity contribution is 7.80. The van der Waals surface area contributed by atoms with Crippen LogP contribution in [-0.4, -0.2) is 72.8 Å². The molecule has 0 spiro atoms. The van der Waals surface area contributed by atoms with E-state index in [4.69, 9.17) is 17.0 Å². The first-order chi connectivity index (χ1) is 12.6. The third-order valence-electron chi connectivity index (χ3n) is 4.64. The molecule has 0 radical (unpaired) electrons. The number of hydrogen-bond donors (Lipinski definition) is 1. The summed E-state index contributed by atoms with van der Waals surface area (Å²) in [5.41, 5.74) is 1.30. The van der Waals surface area contributed by atoms with Gasteiger partial charge in [-0.05, 0) is 49.3 Å². The number of rotatable bonds is 3. The molecule has 1 aromatic carbocycles. The third kappa shape index (κ3) is 4.31. The number of ether oxygens (including phenoxy) is 2. The second-order valence-corrected chi connectivity index (χ2v) is 6.70. The van der Waals surface area contributed by atoms with Gasteiger partial charge in [-0.1, -0.05) is 0 Å². The highest BCUT2D eigenvalue weighted by Gasteiger charge is 2.30. The lowest BCUT2D eigenvalue weighted by atomic mass is 10.2. The number of methoxy groups -OCH3 is 1. The van der Waals surface area contributed by atoms with E-state index in [1.54, 1.807) is 24.3 Å². The van der Waals surface area contributed by atoms with Gasteiger partial charge in [-0.25, -0.2) is 4.79 Å². The minimum atomic E-state index is -0.369. The van der Waals surface area contributed by atoms with Gasteiger partial charge in [0.25, 0.3) is 5.91 Å². The Morgan fingerprint density at radius 2 is 1.81 bits per heavy atom. The number of thiocarbonyl (C=S) groups is 1. The molecule has 7 nitrogen and oxygen atoms in total. The Morgan fingerprint density at radius 1 is 1.15 bits per heavy atom. The number of nitrogens with zero attached hydrogens (tertiary/aromatic N) is 2. The van der Waals surface area contributed by atoms with Gasteiger partial charge in [0, 0.05) is 38.5 Å². The van der Waals surface area contributed by atoms with Crippen LogP contribution in [0.1, 0.15) is 23.2 Å². The fourth-order valence-electron chi connectivity index (χ4n) is 3.12. The molecule has 1 amide bonds. The quantitative estimate of drug-likeness (QED) is 0.632. The number of benzene rings is 1. The molecule has 26 heavy (non-hydrogen) atoms. The molecule has 0 saturated carbocycles. The Morgan fingerprint density at radius 3 is 2.38 bits per heavy atom. The summed E-state index contributed by atoms with van der Waals surface area (Å²) in [5.74, 6) is -0.273. The normalized spacial score (nSPS) is 20.0. The summed E-state index contributed by atoms with van der Waals surface area (Å²) in [6, 6.07) is 6.95. The molecule has 3 rings (SSSR count). The molecule has 2 fully saturated rings. The largest absolute Gasteiger partial charge is 0.465 e. The minimum Gasteiger partial charge on any atom is -0.465 e. The van der Waals surface area contributed by atoms with Crippen LogP contribution in [-0.2, 0) is 14.3 Å². The Kier molecular flexibility index (Phi) is 6.05. The molecule has 0 bridgehead atoms. The predicted molar refractivity (Wildman–Crippen MR) is 101 cm³/mol. The fraction of sp³-hybridized carbons (Fsp3) is 0.500. The average Bonchev–Trinajstić information content (AvgIpc) is 3.22. The molecule has 2 aliphatic heterocycles. The van der Waals surface area contributed by atoms with Gasteiger partial charge >= 0.3 is 5.97 Å². The highest BCUT2D eigenvalue weighted by atomic mass is 32.1. The van der Waals surface area contributed by atoms with Crippen LogP contribution in [0.25, 0.3) is 0 Å². The summed E-state index contributed by atoms with van der Waals surface area (Å²) >= 11 is 5.47. The number of carbonyl (C=O) groups excluding carboxylic acids is 2. The lowest BCUT2D eigenvalue weighted by Gasteiger charge is -2.37. The Bertz CT molecular complexity index is 666. The SMILES string of the molecule is COC(=O)c1ccc(NC(=S)N2CCN(C(=O)C3CCCO3)CC2)cc1. The van der Waals surface area contributed by atoms with Gasteiger partial charge < -0.3 is 24.6 Å². The molecule has 2 aliphatic rings. The molecule has 0 aromatic heterocycles. The Hall–Kier alpha value is -2.19. The average molecular weight is 377 g/mol. The number of esters is 1. The van der Waals surface area contributed by atoms with Crippen molar-refractivity contribution in [2.24, 2.45) is 0 Å². The number of amides is 1. The predicted octanol–water partition coefficient (Wildman–Crippen LogP) is 1.49. The van der Waals surface area contributed by atoms with E-state index < -0.39 is 0 Å². The summed E-state index contributed by atoms with van der Waals surface area (Å²) in [5, 5.41) is 3.78. The van der Waals surface area contributed by atoms with Crippen LogP contribution in [0.2, 0.25) is 0 Å². The Balaban J connectivity index is 1.49. The number of piperazine rings is 1. The lowest BCUT2D eigenvalue weighted by molar-refractivity contribution is -0.142. The summed E-state index contributed by atoms with van der Waals surface area (Å²) in [6.45, 7) is 3.33. The zero-order valence-electron chi connectivity index (χ0n) is 14.8. The monoisotopic (exact) mass is 377 g/mol. The first-order valence-electron chi connectivity index (χ1n) is 8.73. The van der Waals surface area contributed by atoms with Gasteiger partial charge in [0.2, 0.25) is 0 Å². The van der Waals surface area contributed by atoms with Crippen molar-refractivity contribution in [2.75, 3.05) is 45.2 Å². The highest BCUT2D eigenvalue weighted by Crippen LogP contribution is 2.17. The standard InChI is InChI=1S/C18H23N3O4S/c1-24-17(23)13-4-6-14(7-5-13)19-18(26)21-10-8-20(9-11-21)16(22)15-3-2-12-25-15/h4-7,15H,2-3,8-12H2,1H3,(H,19,26). The third-order valence-corrected chi connectivity index (χ3v) is 5.00. The van der Waals surface area contributed by atoms with Gasteiger partial charge in [0.1, 0.15) is 6.10 Å². The Labute approximate surface area is 158 Å².